The van der Waals surface area contributed by atoms with E-state index >= 15 is 0 Å². The number of nitrogens with one attached hydrogen (secondary N) is 1. The van der Waals surface area contributed by atoms with E-state index in [1.807, 2.05) is 26.4 Å². The zero-order chi connectivity index (χ0) is 15.9. The topological polar surface area (TPSA) is 71.8 Å². The van der Waals surface area contributed by atoms with Gasteiger partial charge in [0.1, 0.15) is 0 Å². The summed E-state index contributed by atoms with van der Waals surface area (Å²) in [6.45, 7) is 4.51. The third kappa shape index (κ3) is 4.22. The average Bonchev–Trinajstić information content (AvgIpc) is 2.94. The first-order valence-electron chi connectivity index (χ1n) is 7.73. The van der Waals surface area contributed by atoms with Gasteiger partial charge in [-0.3, -0.25) is 14.5 Å². The van der Waals surface area contributed by atoms with Gasteiger partial charge in [0, 0.05) is 45.5 Å². The molecule has 1 aliphatic heterocycles. The number of rotatable bonds is 4. The minimum Gasteiger partial charge on any atom is -0.466 e. The highest BCUT2D eigenvalue weighted by Crippen LogP contribution is 2.18. The van der Waals surface area contributed by atoms with Crippen molar-refractivity contribution in [3.63, 3.8) is 0 Å². The van der Waals surface area contributed by atoms with Crippen molar-refractivity contribution in [2.75, 3.05) is 26.7 Å². The largest absolute Gasteiger partial charge is 0.466 e. The lowest BCUT2D eigenvalue weighted by Crippen LogP contribution is -2.48. The molecule has 7 nitrogen and oxygen atoms in total. The summed E-state index contributed by atoms with van der Waals surface area (Å²) in [5.41, 5.74) is 1.10. The van der Waals surface area contributed by atoms with Crippen molar-refractivity contribution in [2.45, 2.75) is 26.3 Å². The van der Waals surface area contributed by atoms with Gasteiger partial charge in [-0.15, -0.1) is 0 Å². The molecule has 1 aliphatic rings. The maximum absolute atomic E-state index is 11.9. The molecular weight excluding hydrogens is 282 g/mol. The van der Waals surface area contributed by atoms with Crippen LogP contribution >= 0.6 is 0 Å². The van der Waals surface area contributed by atoms with Crippen LogP contribution in [0.2, 0.25) is 0 Å². The number of likely N-dealkylation sites (tertiary alicyclic amines) is 1. The highest BCUT2D eigenvalue weighted by Gasteiger charge is 2.28. The number of hydrogen-bond donors (Lipinski definition) is 1. The highest BCUT2D eigenvalue weighted by atomic mass is 16.5. The molecule has 0 aliphatic carbocycles. The van der Waals surface area contributed by atoms with E-state index in [1.165, 1.54) is 0 Å². The smallest absolute Gasteiger partial charge is 0.310 e. The van der Waals surface area contributed by atoms with Crippen molar-refractivity contribution in [1.29, 1.82) is 0 Å². The molecule has 22 heavy (non-hydrogen) atoms. The molecule has 1 unspecified atom stereocenters. The van der Waals surface area contributed by atoms with Gasteiger partial charge in [-0.2, -0.15) is 5.10 Å². The number of nitrogens with zero attached hydrogens (tertiary/aromatic N) is 4. The number of aliphatic imine (C=N–C) groups is 1. The minimum atomic E-state index is -0.102. The lowest BCUT2D eigenvalue weighted by Gasteiger charge is -2.33. The van der Waals surface area contributed by atoms with Crippen LogP contribution in [0.1, 0.15) is 25.3 Å². The number of piperidine rings is 1. The van der Waals surface area contributed by atoms with Crippen molar-refractivity contribution in [3.8, 4) is 0 Å². The van der Waals surface area contributed by atoms with E-state index in [0.29, 0.717) is 19.7 Å². The molecule has 0 radical (unpaired) electrons. The summed E-state index contributed by atoms with van der Waals surface area (Å²) in [6, 6.07) is 0. The number of carbonyl (C=O) groups excluding carboxylic acids is 1. The predicted octanol–water partition coefficient (Wildman–Crippen LogP) is 0.771. The number of aromatic nitrogens is 2. The Morgan fingerprint density at radius 3 is 3.05 bits per heavy atom. The molecule has 1 aromatic rings. The van der Waals surface area contributed by atoms with E-state index in [9.17, 15) is 4.79 Å². The second kappa shape index (κ2) is 7.82. The number of carbonyl (C=O) groups is 1. The van der Waals surface area contributed by atoms with Crippen LogP contribution < -0.4 is 5.32 Å². The van der Waals surface area contributed by atoms with Gasteiger partial charge in [0.2, 0.25) is 0 Å². The van der Waals surface area contributed by atoms with Crippen LogP contribution in [-0.4, -0.2) is 53.4 Å². The molecule has 1 atom stereocenters. The first-order chi connectivity index (χ1) is 10.6. The van der Waals surface area contributed by atoms with E-state index in [1.54, 1.807) is 11.7 Å². The summed E-state index contributed by atoms with van der Waals surface area (Å²) in [4.78, 5) is 18.4. The van der Waals surface area contributed by atoms with Gasteiger partial charge >= 0.3 is 5.97 Å². The summed E-state index contributed by atoms with van der Waals surface area (Å²) < 4.78 is 6.91. The van der Waals surface area contributed by atoms with Crippen molar-refractivity contribution in [1.82, 2.24) is 20.0 Å². The molecule has 1 N–H and O–H groups in total. The van der Waals surface area contributed by atoms with E-state index < -0.39 is 0 Å². The molecule has 1 saturated heterocycles. The summed E-state index contributed by atoms with van der Waals surface area (Å²) in [6.07, 6.45) is 5.65. The Morgan fingerprint density at radius 1 is 1.59 bits per heavy atom. The van der Waals surface area contributed by atoms with Gasteiger partial charge in [-0.05, 0) is 19.8 Å². The lowest BCUT2D eigenvalue weighted by atomic mass is 9.98. The molecular formula is C15H25N5O2. The molecule has 0 aromatic carbocycles. The fraction of sp³-hybridized carbons (Fsp3) is 0.667. The van der Waals surface area contributed by atoms with Crippen LogP contribution in [0.5, 0.6) is 0 Å². The Labute approximate surface area is 131 Å². The Morgan fingerprint density at radius 2 is 2.41 bits per heavy atom. The van der Waals surface area contributed by atoms with E-state index in [2.05, 4.69) is 20.3 Å². The maximum Gasteiger partial charge on any atom is 0.310 e. The molecule has 0 bridgehead atoms. The summed E-state index contributed by atoms with van der Waals surface area (Å²) in [5.74, 6) is 0.651. The van der Waals surface area contributed by atoms with E-state index in [-0.39, 0.29) is 11.9 Å². The van der Waals surface area contributed by atoms with Crippen LogP contribution in [0.3, 0.4) is 0 Å². The summed E-state index contributed by atoms with van der Waals surface area (Å²) in [5, 5.41) is 7.48. The Kier molecular flexibility index (Phi) is 5.80. The maximum atomic E-state index is 11.9. The fourth-order valence-corrected chi connectivity index (χ4v) is 2.70. The molecule has 0 saturated carbocycles. The van der Waals surface area contributed by atoms with Crippen LogP contribution in [0, 0.1) is 5.92 Å². The zero-order valence-electron chi connectivity index (χ0n) is 13.6. The van der Waals surface area contributed by atoms with Crippen LogP contribution in [-0.2, 0) is 23.1 Å². The highest BCUT2D eigenvalue weighted by molar-refractivity contribution is 5.81. The van der Waals surface area contributed by atoms with Crippen LogP contribution in [0.4, 0.5) is 0 Å². The van der Waals surface area contributed by atoms with E-state index in [0.717, 1.165) is 30.9 Å². The number of ether oxygens (including phenoxy) is 1. The third-order valence-corrected chi connectivity index (χ3v) is 3.76. The molecule has 0 spiro atoms. The summed E-state index contributed by atoms with van der Waals surface area (Å²) >= 11 is 0. The van der Waals surface area contributed by atoms with Gasteiger partial charge in [-0.25, -0.2) is 0 Å². The van der Waals surface area contributed by atoms with Gasteiger partial charge in [0.25, 0.3) is 0 Å². The van der Waals surface area contributed by atoms with Crippen molar-refractivity contribution >= 4 is 11.9 Å². The van der Waals surface area contributed by atoms with Crippen LogP contribution in [0.15, 0.2) is 17.4 Å². The standard InChI is InChI=1S/C15H25N5O2/c1-4-22-14(21)13-6-5-7-20(11-13)15(16-2)17-8-12-9-18-19(3)10-12/h9-10,13H,4-8,11H2,1-3H3,(H,16,17). The SMILES string of the molecule is CCOC(=O)C1CCCN(C(=NC)NCc2cnn(C)c2)C1. The van der Waals surface area contributed by atoms with Gasteiger partial charge < -0.3 is 15.0 Å². The Balaban J connectivity index is 1.91. The normalized spacial score (nSPS) is 19.1. The number of aryl methyl sites for hydroxylation is 1. The predicted molar refractivity (Wildman–Crippen MR) is 84.3 cm³/mol. The van der Waals surface area contributed by atoms with Crippen molar-refractivity contribution in [2.24, 2.45) is 18.0 Å². The molecule has 2 rings (SSSR count). The Hall–Kier alpha value is -2.05. The first kappa shape index (κ1) is 16.3. The molecule has 1 aromatic heterocycles. The monoisotopic (exact) mass is 307 g/mol. The van der Waals surface area contributed by atoms with Crippen LogP contribution in [0.25, 0.3) is 0 Å². The van der Waals surface area contributed by atoms with E-state index in [4.69, 9.17) is 4.74 Å². The zero-order valence-corrected chi connectivity index (χ0v) is 13.6. The van der Waals surface area contributed by atoms with Gasteiger partial charge in [0.05, 0.1) is 18.7 Å². The number of hydrogen-bond acceptors (Lipinski definition) is 4. The fourth-order valence-electron chi connectivity index (χ4n) is 2.70. The Bertz CT molecular complexity index is 526. The van der Waals surface area contributed by atoms with Gasteiger partial charge in [-0.1, -0.05) is 0 Å². The molecule has 2 heterocycles. The van der Waals surface area contributed by atoms with Crippen molar-refractivity contribution in [3.05, 3.63) is 18.0 Å². The number of guanidine groups is 1. The first-order valence-corrected chi connectivity index (χ1v) is 7.73. The molecule has 0 amide bonds. The third-order valence-electron chi connectivity index (χ3n) is 3.76. The van der Waals surface area contributed by atoms with Gasteiger partial charge in [0.15, 0.2) is 5.96 Å². The lowest BCUT2D eigenvalue weighted by molar-refractivity contribution is -0.149. The molecule has 7 heteroatoms. The van der Waals surface area contributed by atoms with Crippen molar-refractivity contribution < 1.29 is 9.53 Å². The molecule has 1 fully saturated rings. The average molecular weight is 307 g/mol. The molecule has 122 valence electrons. The minimum absolute atomic E-state index is 0.0642. The second-order valence-electron chi connectivity index (χ2n) is 5.46. The quantitative estimate of drug-likeness (QED) is 0.505. The number of esters is 1. The second-order valence-corrected chi connectivity index (χ2v) is 5.46. The summed E-state index contributed by atoms with van der Waals surface area (Å²) in [7, 11) is 3.66.